The summed E-state index contributed by atoms with van der Waals surface area (Å²) in [5.41, 5.74) is 1.31. The third kappa shape index (κ3) is 5.65. The Bertz CT molecular complexity index is 827. The van der Waals surface area contributed by atoms with Crippen molar-refractivity contribution >= 4 is 17.6 Å². The van der Waals surface area contributed by atoms with E-state index in [2.05, 4.69) is 5.32 Å². The number of esters is 1. The van der Waals surface area contributed by atoms with Gasteiger partial charge in [0, 0.05) is 17.8 Å². The highest BCUT2D eigenvalue weighted by molar-refractivity contribution is 5.94. The van der Waals surface area contributed by atoms with Crippen LogP contribution in [0.2, 0.25) is 0 Å². The van der Waals surface area contributed by atoms with Crippen LogP contribution in [0.1, 0.15) is 31.7 Å². The van der Waals surface area contributed by atoms with Gasteiger partial charge in [0.15, 0.2) is 18.1 Å². The van der Waals surface area contributed by atoms with Crippen LogP contribution in [0.15, 0.2) is 42.5 Å². The molecule has 0 fully saturated rings. The third-order valence-corrected chi connectivity index (χ3v) is 4.92. The first kappa shape index (κ1) is 23.1. The van der Waals surface area contributed by atoms with Gasteiger partial charge in [-0.2, -0.15) is 0 Å². The van der Waals surface area contributed by atoms with Crippen molar-refractivity contribution in [3.05, 3.63) is 48.0 Å². The molecule has 7 nitrogen and oxygen atoms in total. The molecule has 0 saturated heterocycles. The lowest BCUT2D eigenvalue weighted by atomic mass is 9.86. The van der Waals surface area contributed by atoms with Crippen molar-refractivity contribution in [3.8, 4) is 17.2 Å². The number of hydrogen-bond acceptors (Lipinski definition) is 6. The molecular weight excluding hydrogens is 386 g/mol. The Morgan fingerprint density at radius 3 is 2.07 bits per heavy atom. The number of rotatable bonds is 10. The molecule has 0 aliphatic rings. The van der Waals surface area contributed by atoms with Crippen molar-refractivity contribution in [1.82, 2.24) is 0 Å². The second kappa shape index (κ2) is 11.1. The lowest BCUT2D eigenvalue weighted by molar-refractivity contribution is -0.150. The minimum absolute atomic E-state index is 0.0815. The van der Waals surface area contributed by atoms with E-state index in [0.717, 1.165) is 12.0 Å². The van der Waals surface area contributed by atoms with Crippen molar-refractivity contribution in [1.29, 1.82) is 0 Å². The molecule has 0 aliphatic heterocycles. The maximum absolute atomic E-state index is 12.7. The number of methoxy groups -OCH3 is 3. The molecule has 2 unspecified atom stereocenters. The molecule has 0 aromatic heterocycles. The summed E-state index contributed by atoms with van der Waals surface area (Å²) in [5, 5.41) is 2.69. The highest BCUT2D eigenvalue weighted by atomic mass is 16.5. The second-order valence-electron chi connectivity index (χ2n) is 6.84. The summed E-state index contributed by atoms with van der Waals surface area (Å²) in [6, 6.07) is 12.7. The predicted octanol–water partition coefficient (Wildman–Crippen LogP) is 4.02. The van der Waals surface area contributed by atoms with E-state index in [9.17, 15) is 9.59 Å². The summed E-state index contributed by atoms with van der Waals surface area (Å²) in [6.07, 6.45) is 0.812. The van der Waals surface area contributed by atoms with Gasteiger partial charge in [0.25, 0.3) is 5.91 Å². The van der Waals surface area contributed by atoms with Crippen molar-refractivity contribution in [3.63, 3.8) is 0 Å². The SMILES string of the molecule is CCC(C)C(C(=O)OCC(=O)Nc1cc(OC)c(OC)c(OC)c1)c1ccccc1. The van der Waals surface area contributed by atoms with E-state index in [1.807, 2.05) is 44.2 Å². The van der Waals surface area contributed by atoms with Gasteiger partial charge in [-0.3, -0.25) is 9.59 Å². The number of carbonyl (C=O) groups is 2. The van der Waals surface area contributed by atoms with Crippen LogP contribution >= 0.6 is 0 Å². The van der Waals surface area contributed by atoms with Gasteiger partial charge in [-0.05, 0) is 11.5 Å². The van der Waals surface area contributed by atoms with Crippen LogP contribution in [0, 0.1) is 5.92 Å². The van der Waals surface area contributed by atoms with E-state index in [1.165, 1.54) is 21.3 Å². The Balaban J connectivity index is 2.07. The van der Waals surface area contributed by atoms with Gasteiger partial charge in [-0.1, -0.05) is 50.6 Å². The van der Waals surface area contributed by atoms with E-state index in [1.54, 1.807) is 12.1 Å². The van der Waals surface area contributed by atoms with Gasteiger partial charge >= 0.3 is 5.97 Å². The average molecular weight is 415 g/mol. The number of benzene rings is 2. The van der Waals surface area contributed by atoms with E-state index < -0.39 is 24.4 Å². The smallest absolute Gasteiger partial charge is 0.314 e. The van der Waals surface area contributed by atoms with Crippen LogP contribution in [-0.2, 0) is 14.3 Å². The van der Waals surface area contributed by atoms with Gasteiger partial charge in [-0.25, -0.2) is 0 Å². The molecule has 30 heavy (non-hydrogen) atoms. The number of nitrogens with one attached hydrogen (secondary N) is 1. The molecule has 0 aliphatic carbocycles. The summed E-state index contributed by atoms with van der Waals surface area (Å²) in [4.78, 5) is 25.1. The molecule has 2 aromatic carbocycles. The minimum atomic E-state index is -0.464. The Labute approximate surface area is 177 Å². The summed E-state index contributed by atoms with van der Waals surface area (Å²) in [6.45, 7) is 3.62. The van der Waals surface area contributed by atoms with E-state index in [0.29, 0.717) is 22.9 Å². The molecule has 0 saturated carbocycles. The van der Waals surface area contributed by atoms with Crippen LogP contribution in [0.4, 0.5) is 5.69 Å². The topological polar surface area (TPSA) is 83.1 Å². The molecule has 7 heteroatoms. The largest absolute Gasteiger partial charge is 0.493 e. The summed E-state index contributed by atoms with van der Waals surface area (Å²) in [5.74, 6) is 0.00576. The van der Waals surface area contributed by atoms with Gasteiger partial charge < -0.3 is 24.3 Å². The second-order valence-corrected chi connectivity index (χ2v) is 6.84. The van der Waals surface area contributed by atoms with Crippen LogP contribution in [0.5, 0.6) is 17.2 Å². The average Bonchev–Trinajstić information content (AvgIpc) is 2.77. The number of carbonyl (C=O) groups excluding carboxylic acids is 2. The first-order valence-electron chi connectivity index (χ1n) is 9.76. The van der Waals surface area contributed by atoms with E-state index in [4.69, 9.17) is 18.9 Å². The fraction of sp³-hybridized carbons (Fsp3) is 0.391. The Morgan fingerprint density at radius 1 is 0.967 bits per heavy atom. The molecule has 0 heterocycles. The maximum Gasteiger partial charge on any atom is 0.314 e. The molecule has 0 bridgehead atoms. The van der Waals surface area contributed by atoms with Crippen molar-refractivity contribution in [2.45, 2.75) is 26.2 Å². The van der Waals surface area contributed by atoms with Crippen LogP contribution in [0.25, 0.3) is 0 Å². The highest BCUT2D eigenvalue weighted by Gasteiger charge is 2.28. The molecule has 0 radical (unpaired) electrons. The zero-order valence-corrected chi connectivity index (χ0v) is 18.1. The monoisotopic (exact) mass is 415 g/mol. The van der Waals surface area contributed by atoms with E-state index >= 15 is 0 Å². The first-order valence-corrected chi connectivity index (χ1v) is 9.76. The van der Waals surface area contributed by atoms with Gasteiger partial charge in [0.1, 0.15) is 0 Å². The summed E-state index contributed by atoms with van der Waals surface area (Å²) in [7, 11) is 4.48. The molecule has 0 spiro atoms. The van der Waals surface area contributed by atoms with Crippen LogP contribution in [-0.4, -0.2) is 39.8 Å². The van der Waals surface area contributed by atoms with Crippen molar-refractivity contribution in [2.24, 2.45) is 5.92 Å². The minimum Gasteiger partial charge on any atom is -0.493 e. The standard InChI is InChI=1S/C23H29NO6/c1-6-15(2)21(16-10-8-7-9-11-16)23(26)30-14-20(25)24-17-12-18(27-3)22(29-5)19(13-17)28-4/h7-13,15,21H,6,14H2,1-5H3,(H,24,25). The first-order chi connectivity index (χ1) is 14.4. The third-order valence-electron chi connectivity index (χ3n) is 4.92. The lowest BCUT2D eigenvalue weighted by Crippen LogP contribution is -2.27. The molecule has 2 aromatic rings. The van der Waals surface area contributed by atoms with Crippen LogP contribution < -0.4 is 19.5 Å². The molecule has 1 amide bonds. The zero-order valence-electron chi connectivity index (χ0n) is 18.1. The van der Waals surface area contributed by atoms with Crippen molar-refractivity contribution in [2.75, 3.05) is 33.3 Å². The van der Waals surface area contributed by atoms with Gasteiger partial charge in [0.2, 0.25) is 5.75 Å². The fourth-order valence-corrected chi connectivity index (χ4v) is 3.17. The zero-order chi connectivity index (χ0) is 22.1. The molecular formula is C23H29NO6. The fourth-order valence-electron chi connectivity index (χ4n) is 3.17. The van der Waals surface area contributed by atoms with Crippen molar-refractivity contribution < 1.29 is 28.5 Å². The van der Waals surface area contributed by atoms with E-state index in [-0.39, 0.29) is 5.92 Å². The summed E-state index contributed by atoms with van der Waals surface area (Å²) >= 11 is 0. The number of anilines is 1. The molecule has 1 N–H and O–H groups in total. The number of hydrogen-bond donors (Lipinski definition) is 1. The predicted molar refractivity (Wildman–Crippen MR) is 114 cm³/mol. The maximum atomic E-state index is 12.7. The Hall–Kier alpha value is -3.22. The number of ether oxygens (including phenoxy) is 4. The molecule has 162 valence electrons. The quantitative estimate of drug-likeness (QED) is 0.590. The highest BCUT2D eigenvalue weighted by Crippen LogP contribution is 2.39. The number of amides is 1. The molecule has 2 atom stereocenters. The summed E-state index contributed by atoms with van der Waals surface area (Å²) < 4.78 is 21.2. The Morgan fingerprint density at radius 2 is 1.57 bits per heavy atom. The van der Waals surface area contributed by atoms with Gasteiger partial charge in [-0.15, -0.1) is 0 Å². The normalized spacial score (nSPS) is 12.4. The van der Waals surface area contributed by atoms with Gasteiger partial charge in [0.05, 0.1) is 27.2 Å². The Kier molecular flexibility index (Phi) is 8.53. The van der Waals surface area contributed by atoms with Crippen LogP contribution in [0.3, 0.4) is 0 Å². The lowest BCUT2D eigenvalue weighted by Gasteiger charge is -2.21. The molecule has 2 rings (SSSR count).